The lowest BCUT2D eigenvalue weighted by Crippen LogP contribution is -2.77. The highest BCUT2D eigenvalue weighted by Crippen LogP contribution is 2.74. The van der Waals surface area contributed by atoms with E-state index in [1.165, 1.54) is 76.7 Å². The number of hydrogen-bond donors (Lipinski definition) is 3. The van der Waals surface area contributed by atoms with Crippen molar-refractivity contribution >= 4 is 11.9 Å². The minimum Gasteiger partial charge on any atom is -0.462 e. The van der Waals surface area contributed by atoms with Crippen molar-refractivity contribution in [2.45, 2.75) is 211 Å². The summed E-state index contributed by atoms with van der Waals surface area (Å²) in [5.41, 5.74) is 1.15. The van der Waals surface area contributed by atoms with E-state index in [-0.39, 0.29) is 47.6 Å². The fourth-order valence-electron chi connectivity index (χ4n) is 18.8. The Bertz CT molecular complexity index is 2270. The highest BCUT2D eigenvalue weighted by molar-refractivity contribution is 5.85. The smallest absolute Gasteiger partial charge is 0.331 e. The molecule has 2 spiro atoms. The molecule has 6 fully saturated rings. The van der Waals surface area contributed by atoms with E-state index in [9.17, 15) is 24.9 Å². The quantitative estimate of drug-likeness (QED) is 0.113. The third kappa shape index (κ3) is 8.97. The fourth-order valence-corrected chi connectivity index (χ4v) is 18.8. The number of carbonyl (C=O) groups is 2. The zero-order valence-corrected chi connectivity index (χ0v) is 43.3. The van der Waals surface area contributed by atoms with Gasteiger partial charge in [0.05, 0.1) is 23.2 Å². The van der Waals surface area contributed by atoms with Gasteiger partial charge < -0.3 is 24.8 Å². The van der Waals surface area contributed by atoms with Crippen molar-refractivity contribution in [1.82, 2.24) is 0 Å². The van der Waals surface area contributed by atoms with Crippen LogP contribution in [0, 0.1) is 74.9 Å². The molecule has 7 nitrogen and oxygen atoms in total. The lowest BCUT2D eigenvalue weighted by Gasteiger charge is -2.70. The van der Waals surface area contributed by atoms with E-state index in [1.807, 2.05) is 6.92 Å². The maximum atomic E-state index is 14.0. The van der Waals surface area contributed by atoms with Gasteiger partial charge in [-0.15, -0.1) is 5.92 Å². The molecule has 15 atom stereocenters. The van der Waals surface area contributed by atoms with Crippen LogP contribution in [0.1, 0.15) is 187 Å². The van der Waals surface area contributed by atoms with E-state index < -0.39 is 46.6 Å². The van der Waals surface area contributed by atoms with Gasteiger partial charge in [0.25, 0.3) is 0 Å². The summed E-state index contributed by atoms with van der Waals surface area (Å²) >= 11 is 0. The molecule has 2 aromatic rings. The van der Waals surface area contributed by atoms with Crippen molar-refractivity contribution in [2.75, 3.05) is 6.61 Å². The van der Waals surface area contributed by atoms with E-state index in [2.05, 4.69) is 86.4 Å². The molecular weight excluding hydrogens is 869 g/mol. The van der Waals surface area contributed by atoms with Crippen LogP contribution in [0.5, 0.6) is 0 Å². The van der Waals surface area contributed by atoms with Crippen LogP contribution >= 0.6 is 0 Å². The normalized spacial score (nSPS) is 40.3. The molecule has 8 aliphatic rings. The maximum absolute atomic E-state index is 14.0. The molecule has 0 radical (unpaired) electrons. The predicted molar refractivity (Wildman–Crippen MR) is 275 cm³/mol. The molecule has 1 aliphatic heterocycles. The van der Waals surface area contributed by atoms with Gasteiger partial charge in [-0.1, -0.05) is 107 Å². The first-order valence-corrected chi connectivity index (χ1v) is 28.3. The average Bonchev–Trinajstić information content (AvgIpc) is 4.15. The number of cyclic esters (lactones) is 1. The molecule has 0 amide bonds. The second-order valence-electron chi connectivity index (χ2n) is 25.8. The van der Waals surface area contributed by atoms with Crippen LogP contribution < -0.4 is 0 Å². The van der Waals surface area contributed by atoms with Crippen molar-refractivity contribution in [2.24, 2.45) is 63.1 Å². The number of aliphatic hydroxyl groups is 3. The van der Waals surface area contributed by atoms with Crippen LogP contribution in [-0.2, 0) is 30.9 Å². The highest BCUT2D eigenvalue weighted by atomic mass is 16.5. The fraction of sp³-hybridized carbons (Fsp3) is 0.714. The number of carbonyl (C=O) groups excluding carboxylic acids is 2. The van der Waals surface area contributed by atoms with Gasteiger partial charge in [0.2, 0.25) is 0 Å². The molecule has 0 aromatic heterocycles. The molecule has 7 aliphatic carbocycles. The molecule has 15 unspecified atom stereocenters. The van der Waals surface area contributed by atoms with Gasteiger partial charge in [-0.05, 0) is 196 Å². The zero-order chi connectivity index (χ0) is 48.9. The SMILES string of the molecule is CC(=O)OC1CC(C)C(O)(CCC2=CC(=O)OC2)C2(C(O)CCC(C)CCCc3ccccc3)C(O)CCC(C)(C3CCC45CC3C#CCC3CCC(C3)(C4)C(CC3(c4ccccc4)CCCC3)C5)C12. The molecule has 2 aromatic carbocycles. The molecule has 3 N–H and O–H groups in total. The van der Waals surface area contributed by atoms with Crippen LogP contribution in [0.2, 0.25) is 0 Å². The Hall–Kier alpha value is -3.44. The van der Waals surface area contributed by atoms with Gasteiger partial charge in [0.15, 0.2) is 0 Å². The Balaban J connectivity index is 0.999. The minimum atomic E-state index is -1.53. The van der Waals surface area contributed by atoms with Crippen LogP contribution in [0.3, 0.4) is 0 Å². The Labute approximate surface area is 420 Å². The summed E-state index contributed by atoms with van der Waals surface area (Å²) in [5, 5.41) is 40.4. The van der Waals surface area contributed by atoms with E-state index in [0.717, 1.165) is 56.9 Å². The first-order valence-electron chi connectivity index (χ1n) is 28.3. The minimum absolute atomic E-state index is 0.133. The van der Waals surface area contributed by atoms with Crippen molar-refractivity contribution in [3.8, 4) is 11.8 Å². The van der Waals surface area contributed by atoms with Gasteiger partial charge in [0.1, 0.15) is 12.7 Å². The largest absolute Gasteiger partial charge is 0.462 e. The molecule has 10 rings (SSSR count). The monoisotopic (exact) mass is 955 g/mol. The maximum Gasteiger partial charge on any atom is 0.331 e. The Morgan fingerprint density at radius 2 is 1.67 bits per heavy atom. The molecule has 0 saturated heterocycles. The number of fused-ring (bicyclic) bond motifs is 3. The van der Waals surface area contributed by atoms with Crippen molar-refractivity contribution in [1.29, 1.82) is 0 Å². The first-order chi connectivity index (χ1) is 33.6. The number of aryl methyl sites for hydroxylation is 1. The molecular formula is C63H86O7. The summed E-state index contributed by atoms with van der Waals surface area (Å²) in [6.45, 7) is 8.38. The van der Waals surface area contributed by atoms with Gasteiger partial charge in [-0.2, -0.15) is 0 Å². The lowest BCUT2D eigenvalue weighted by molar-refractivity contribution is -0.328. The van der Waals surface area contributed by atoms with E-state index in [4.69, 9.17) is 9.47 Å². The second kappa shape index (κ2) is 19.8. The number of hydrogen-bond acceptors (Lipinski definition) is 7. The lowest BCUT2D eigenvalue weighted by atomic mass is 9.36. The number of aliphatic hydroxyl groups excluding tert-OH is 2. The van der Waals surface area contributed by atoms with Gasteiger partial charge in [-0.3, -0.25) is 4.79 Å². The van der Waals surface area contributed by atoms with Crippen molar-refractivity contribution < 1.29 is 34.4 Å². The molecule has 7 heteroatoms. The Kier molecular flexibility index (Phi) is 14.2. The van der Waals surface area contributed by atoms with Crippen LogP contribution in [0.15, 0.2) is 72.3 Å². The van der Waals surface area contributed by atoms with Crippen LogP contribution in [0.4, 0.5) is 0 Å². The van der Waals surface area contributed by atoms with Gasteiger partial charge >= 0.3 is 11.9 Å². The molecule has 4 bridgehead atoms. The molecule has 1 heterocycles. The van der Waals surface area contributed by atoms with Crippen molar-refractivity contribution in [3.05, 3.63) is 83.4 Å². The summed E-state index contributed by atoms with van der Waals surface area (Å²) < 4.78 is 11.9. The molecule has 6 saturated carbocycles. The number of ether oxygens (including phenoxy) is 2. The summed E-state index contributed by atoms with van der Waals surface area (Å²) in [7, 11) is 0. The summed E-state index contributed by atoms with van der Waals surface area (Å²) in [6, 6.07) is 22.2. The Morgan fingerprint density at radius 3 is 2.40 bits per heavy atom. The van der Waals surface area contributed by atoms with Gasteiger partial charge in [0, 0.05) is 31.3 Å². The third-order valence-electron chi connectivity index (χ3n) is 21.9. The molecule has 380 valence electrons. The number of esters is 2. The third-order valence-corrected chi connectivity index (χ3v) is 21.9. The van der Waals surface area contributed by atoms with Crippen LogP contribution in [-0.4, -0.2) is 57.8 Å². The van der Waals surface area contributed by atoms with Crippen molar-refractivity contribution in [3.63, 3.8) is 0 Å². The molecule has 70 heavy (non-hydrogen) atoms. The standard InChI is InChI=1S/C63H86O7/c1-43(15-13-18-46-16-7-5-8-17-46)23-24-54(65)63-55(66)28-31-58(4,57(63)53(70-45(3)64)35-44(2)62(63,68)34-26-48-36-56(67)69-41-48)52-27-32-59-38-49(52)20-14-19-47-25-33-61(37-47,42-59)51(39-59)40-60(29-11-12-30-60)50-21-9-6-10-22-50/h5-10,16-17,21-22,36,43-44,47,49,51-55,57,65-66,68H,11-13,15,18-19,23-35,37-42H2,1-4H3. The van der Waals surface area contributed by atoms with Crippen LogP contribution in [0.25, 0.3) is 0 Å². The summed E-state index contributed by atoms with van der Waals surface area (Å²) in [5.74, 6) is 8.21. The zero-order valence-electron chi connectivity index (χ0n) is 43.3. The topological polar surface area (TPSA) is 113 Å². The van der Waals surface area contributed by atoms with Gasteiger partial charge in [-0.25, -0.2) is 4.79 Å². The predicted octanol–water partition coefficient (Wildman–Crippen LogP) is 12.4. The van der Waals surface area contributed by atoms with E-state index >= 15 is 0 Å². The second-order valence-corrected chi connectivity index (χ2v) is 25.8. The number of benzene rings is 2. The first kappa shape index (κ1) is 50.1. The van der Waals surface area contributed by atoms with E-state index in [1.54, 1.807) is 11.6 Å². The Morgan fingerprint density at radius 1 is 0.914 bits per heavy atom. The highest BCUT2D eigenvalue weighted by Gasteiger charge is 2.75. The average molecular weight is 955 g/mol. The number of rotatable bonds is 16. The summed E-state index contributed by atoms with van der Waals surface area (Å²) in [6.07, 6.45) is 22.7. The van der Waals surface area contributed by atoms with E-state index in [0.29, 0.717) is 55.3 Å². The summed E-state index contributed by atoms with van der Waals surface area (Å²) in [4.78, 5) is 25.7.